The zero-order valence-corrected chi connectivity index (χ0v) is 17.5. The van der Waals surface area contributed by atoms with Crippen LogP contribution in [0.3, 0.4) is 0 Å². The van der Waals surface area contributed by atoms with Gasteiger partial charge in [0, 0.05) is 30.4 Å². The smallest absolute Gasteiger partial charge is 0.242 e. The van der Waals surface area contributed by atoms with Crippen LogP contribution in [-0.4, -0.2) is 56.8 Å². The summed E-state index contributed by atoms with van der Waals surface area (Å²) in [6.07, 6.45) is 4.85. The van der Waals surface area contributed by atoms with E-state index in [2.05, 4.69) is 34.1 Å². The number of nitrogens with zero attached hydrogens (tertiary/aromatic N) is 5. The van der Waals surface area contributed by atoms with Gasteiger partial charge in [0.1, 0.15) is 6.54 Å². The van der Waals surface area contributed by atoms with Gasteiger partial charge in [-0.2, -0.15) is 0 Å². The fourth-order valence-electron chi connectivity index (χ4n) is 4.43. The molecule has 2 saturated heterocycles. The van der Waals surface area contributed by atoms with E-state index in [0.29, 0.717) is 31.4 Å². The maximum absolute atomic E-state index is 13.1. The van der Waals surface area contributed by atoms with Crippen LogP contribution in [0.15, 0.2) is 29.4 Å². The van der Waals surface area contributed by atoms with E-state index in [1.54, 1.807) is 24.0 Å². The van der Waals surface area contributed by atoms with Crippen molar-refractivity contribution in [2.24, 2.45) is 11.8 Å². The highest BCUT2D eigenvalue weighted by atomic mass is 32.1. The molecule has 0 aliphatic carbocycles. The monoisotopic (exact) mass is 414 g/mol. The molecule has 0 bridgehead atoms. The van der Waals surface area contributed by atoms with E-state index in [0.717, 1.165) is 12.1 Å². The van der Waals surface area contributed by atoms with Crippen LogP contribution in [0.25, 0.3) is 0 Å². The maximum atomic E-state index is 13.1. The second-order valence-corrected chi connectivity index (χ2v) is 8.84. The highest BCUT2D eigenvalue weighted by Crippen LogP contribution is 2.37. The lowest BCUT2D eigenvalue weighted by Gasteiger charge is -2.40. The normalized spacial score (nSPS) is 24.1. The molecule has 2 aromatic heterocycles. The molecule has 2 amide bonds. The van der Waals surface area contributed by atoms with Crippen molar-refractivity contribution < 1.29 is 9.59 Å². The van der Waals surface area contributed by atoms with E-state index >= 15 is 0 Å². The van der Waals surface area contributed by atoms with Gasteiger partial charge in [0.05, 0.1) is 29.7 Å². The minimum absolute atomic E-state index is 0.00108. The lowest BCUT2D eigenvalue weighted by atomic mass is 9.91. The maximum Gasteiger partial charge on any atom is 0.242 e. The van der Waals surface area contributed by atoms with Gasteiger partial charge in [0.15, 0.2) is 0 Å². The van der Waals surface area contributed by atoms with Crippen molar-refractivity contribution in [1.82, 2.24) is 25.2 Å². The van der Waals surface area contributed by atoms with Crippen molar-refractivity contribution in [3.05, 3.63) is 35.0 Å². The van der Waals surface area contributed by atoms with Crippen LogP contribution in [0.5, 0.6) is 0 Å². The molecule has 2 fully saturated rings. The van der Waals surface area contributed by atoms with Gasteiger partial charge in [-0.15, -0.1) is 11.3 Å². The lowest BCUT2D eigenvalue weighted by Crippen LogP contribution is -2.57. The molecule has 3 atom stereocenters. The fourth-order valence-corrected chi connectivity index (χ4v) is 4.98. The zero-order valence-electron chi connectivity index (χ0n) is 16.7. The van der Waals surface area contributed by atoms with Crippen molar-refractivity contribution >= 4 is 29.1 Å². The number of carbonyl (C=O) groups is 2. The van der Waals surface area contributed by atoms with Crippen molar-refractivity contribution in [1.29, 1.82) is 0 Å². The third-order valence-corrected chi connectivity index (χ3v) is 6.23. The van der Waals surface area contributed by atoms with E-state index < -0.39 is 0 Å². The van der Waals surface area contributed by atoms with Gasteiger partial charge in [-0.1, -0.05) is 13.8 Å². The molecule has 2 aliphatic heterocycles. The minimum Gasteiger partial charge on any atom is -0.350 e. The Hall–Kier alpha value is -2.55. The SMILES string of the molecule is CC(C)C[C@@H]1[C@H](C(=O)NCc2cscn2)C[C@@H]2CN(c3ncccn3)CC(=O)N21. The van der Waals surface area contributed by atoms with Crippen LogP contribution in [-0.2, 0) is 16.1 Å². The number of amides is 2. The molecule has 8 nitrogen and oxygen atoms in total. The molecule has 0 unspecified atom stereocenters. The lowest BCUT2D eigenvalue weighted by molar-refractivity contribution is -0.135. The van der Waals surface area contributed by atoms with Crippen LogP contribution in [0.4, 0.5) is 5.95 Å². The van der Waals surface area contributed by atoms with Crippen molar-refractivity contribution in [3.8, 4) is 0 Å². The van der Waals surface area contributed by atoms with Crippen molar-refractivity contribution in [3.63, 3.8) is 0 Å². The van der Waals surface area contributed by atoms with E-state index in [1.165, 1.54) is 11.3 Å². The average Bonchev–Trinajstić information content (AvgIpc) is 3.35. The molecular formula is C20H26N6O2S. The number of fused-ring (bicyclic) bond motifs is 1. The van der Waals surface area contributed by atoms with Crippen LogP contribution in [0, 0.1) is 11.8 Å². The molecule has 2 aromatic rings. The summed E-state index contributed by atoms with van der Waals surface area (Å²) in [5.74, 6) is 0.817. The molecule has 4 heterocycles. The average molecular weight is 415 g/mol. The third kappa shape index (κ3) is 4.24. The number of thiazole rings is 1. The van der Waals surface area contributed by atoms with Crippen LogP contribution in [0.1, 0.15) is 32.4 Å². The second kappa shape index (κ2) is 8.44. The first-order valence-corrected chi connectivity index (χ1v) is 10.9. The van der Waals surface area contributed by atoms with E-state index in [-0.39, 0.29) is 36.4 Å². The molecule has 4 rings (SSSR count). The summed E-state index contributed by atoms with van der Waals surface area (Å²) in [5, 5.41) is 4.96. The molecule has 0 saturated carbocycles. The summed E-state index contributed by atoms with van der Waals surface area (Å²) < 4.78 is 0. The fraction of sp³-hybridized carbons (Fsp3) is 0.550. The van der Waals surface area contributed by atoms with Gasteiger partial charge in [-0.25, -0.2) is 15.0 Å². The summed E-state index contributed by atoms with van der Waals surface area (Å²) in [7, 11) is 0. The van der Waals surface area contributed by atoms with Gasteiger partial charge in [-0.05, 0) is 24.8 Å². The van der Waals surface area contributed by atoms with Crippen LogP contribution >= 0.6 is 11.3 Å². The number of aromatic nitrogens is 3. The predicted molar refractivity (Wildman–Crippen MR) is 110 cm³/mol. The molecular weight excluding hydrogens is 388 g/mol. The summed E-state index contributed by atoms with van der Waals surface area (Å²) in [6, 6.07) is 1.69. The van der Waals surface area contributed by atoms with Gasteiger partial charge in [0.25, 0.3) is 0 Å². The molecule has 29 heavy (non-hydrogen) atoms. The Bertz CT molecular complexity index is 844. The number of piperazine rings is 1. The minimum atomic E-state index is -0.207. The van der Waals surface area contributed by atoms with Gasteiger partial charge >= 0.3 is 0 Å². The summed E-state index contributed by atoms with van der Waals surface area (Å²) >= 11 is 1.51. The Balaban J connectivity index is 1.50. The topological polar surface area (TPSA) is 91.3 Å². The Morgan fingerprint density at radius 2 is 2.10 bits per heavy atom. The van der Waals surface area contributed by atoms with Crippen molar-refractivity contribution in [2.45, 2.75) is 45.3 Å². The van der Waals surface area contributed by atoms with E-state index in [9.17, 15) is 9.59 Å². The largest absolute Gasteiger partial charge is 0.350 e. The number of rotatable bonds is 6. The van der Waals surface area contributed by atoms with E-state index in [4.69, 9.17) is 0 Å². The molecule has 0 aromatic carbocycles. The van der Waals surface area contributed by atoms with E-state index in [1.807, 2.05) is 15.2 Å². The van der Waals surface area contributed by atoms with Crippen molar-refractivity contribution in [2.75, 3.05) is 18.0 Å². The number of carbonyl (C=O) groups excluding carboxylic acids is 2. The molecule has 1 N–H and O–H groups in total. The standard InChI is InChI=1S/C20H26N6O2S/c1-13(2)6-17-16(19(28)23-8-14-11-29-12-24-14)7-15-9-25(10-18(27)26(15)17)20-21-4-3-5-22-20/h3-5,11-13,15-17H,6-10H2,1-2H3,(H,23,28)/t15-,16-,17-/m1/s1. The number of hydrogen-bond acceptors (Lipinski definition) is 7. The molecule has 0 radical (unpaired) electrons. The van der Waals surface area contributed by atoms with Gasteiger partial charge in [0.2, 0.25) is 17.8 Å². The highest BCUT2D eigenvalue weighted by Gasteiger charge is 2.49. The molecule has 9 heteroatoms. The number of hydrogen-bond donors (Lipinski definition) is 1. The van der Waals surface area contributed by atoms with Gasteiger partial charge < -0.3 is 15.1 Å². The highest BCUT2D eigenvalue weighted by molar-refractivity contribution is 7.07. The third-order valence-electron chi connectivity index (χ3n) is 5.60. The Morgan fingerprint density at radius 3 is 2.79 bits per heavy atom. The summed E-state index contributed by atoms with van der Waals surface area (Å²) in [6.45, 7) is 5.60. The first-order chi connectivity index (χ1) is 14.0. The molecule has 0 spiro atoms. The molecule has 154 valence electrons. The van der Waals surface area contributed by atoms with Crippen LogP contribution in [0.2, 0.25) is 0 Å². The summed E-state index contributed by atoms with van der Waals surface area (Å²) in [4.78, 5) is 42.8. The Kier molecular flexibility index (Phi) is 5.75. The number of anilines is 1. The molecule has 2 aliphatic rings. The number of nitrogens with one attached hydrogen (secondary N) is 1. The zero-order chi connectivity index (χ0) is 20.4. The quantitative estimate of drug-likeness (QED) is 0.774. The van der Waals surface area contributed by atoms with Gasteiger partial charge in [-0.3, -0.25) is 9.59 Å². The predicted octanol–water partition coefficient (Wildman–Crippen LogP) is 1.70. The van der Waals surface area contributed by atoms with Crippen LogP contribution < -0.4 is 10.2 Å². The summed E-state index contributed by atoms with van der Waals surface area (Å²) in [5.41, 5.74) is 2.63. The Morgan fingerprint density at radius 1 is 1.31 bits per heavy atom. The first-order valence-electron chi connectivity index (χ1n) is 10.0. The Labute approximate surface area is 174 Å². The first kappa shape index (κ1) is 19.8. The second-order valence-electron chi connectivity index (χ2n) is 8.12.